The number of hydrogen-bond acceptors (Lipinski definition) is 10. The smallest absolute Gasteiger partial charge is 0.329 e. The highest BCUT2D eigenvalue weighted by Gasteiger charge is 2.47. The van der Waals surface area contributed by atoms with Crippen LogP contribution >= 0.6 is 0 Å². The van der Waals surface area contributed by atoms with Crippen molar-refractivity contribution in [1.29, 1.82) is 0 Å². The molecule has 1 aromatic carbocycles. The summed E-state index contributed by atoms with van der Waals surface area (Å²) in [5.74, 6) is -3.88. The Labute approximate surface area is 366 Å². The third kappa shape index (κ3) is 8.13. The molecule has 64 heavy (non-hydrogen) atoms. The molecule has 9 rings (SSSR count). The quantitative estimate of drug-likeness (QED) is 0.127. The molecule has 4 fully saturated rings. The lowest BCUT2D eigenvalue weighted by atomic mass is 9.83. The van der Waals surface area contributed by atoms with Gasteiger partial charge in [-0.1, -0.05) is 19.9 Å². The zero-order valence-corrected chi connectivity index (χ0v) is 36.4. The number of alkyl halides is 4. The van der Waals surface area contributed by atoms with Gasteiger partial charge in [-0.25, -0.2) is 31.9 Å². The number of aromatic nitrogens is 7. The third-order valence-electron chi connectivity index (χ3n) is 14.0. The molecule has 2 atom stereocenters. The summed E-state index contributed by atoms with van der Waals surface area (Å²) in [6.07, 6.45) is 6.60. The van der Waals surface area contributed by atoms with E-state index in [1.165, 1.54) is 30.7 Å². The zero-order chi connectivity index (χ0) is 45.2. The van der Waals surface area contributed by atoms with E-state index in [1.54, 1.807) is 48.3 Å². The van der Waals surface area contributed by atoms with Gasteiger partial charge in [-0.15, -0.1) is 0 Å². The Kier molecular flexibility index (Phi) is 11.3. The Morgan fingerprint density at radius 3 is 2.45 bits per heavy atom. The van der Waals surface area contributed by atoms with Crippen LogP contribution in [0.4, 0.5) is 34.8 Å². The summed E-state index contributed by atoms with van der Waals surface area (Å²) < 4.78 is 66.8. The molecule has 5 aromatic rings. The highest BCUT2D eigenvalue weighted by molar-refractivity contribution is 6.08. The minimum Gasteiger partial charge on any atom is -0.364 e. The number of imide groups is 1. The van der Waals surface area contributed by atoms with Crippen molar-refractivity contribution in [3.63, 3.8) is 0 Å². The van der Waals surface area contributed by atoms with Crippen LogP contribution in [0, 0.1) is 11.3 Å². The van der Waals surface area contributed by atoms with Crippen LogP contribution in [0.5, 0.6) is 0 Å². The fourth-order valence-corrected chi connectivity index (χ4v) is 10.3. The van der Waals surface area contributed by atoms with Gasteiger partial charge in [0.1, 0.15) is 17.4 Å². The molecule has 2 unspecified atom stereocenters. The maximum absolute atomic E-state index is 16.2. The van der Waals surface area contributed by atoms with Crippen LogP contribution in [0.2, 0.25) is 0 Å². The fraction of sp³-hybridized carbons (Fsp3) is 0.568. The average Bonchev–Trinajstić information content (AvgIpc) is 3.95. The molecule has 3 amide bonds. The Morgan fingerprint density at radius 1 is 1.00 bits per heavy atom. The minimum absolute atomic E-state index is 0.0884. The van der Waals surface area contributed by atoms with E-state index in [-0.39, 0.29) is 47.9 Å². The van der Waals surface area contributed by atoms with E-state index in [4.69, 9.17) is 4.98 Å². The first-order valence-corrected chi connectivity index (χ1v) is 22.1. The molecule has 0 spiro atoms. The molecule has 1 saturated carbocycles. The number of benzene rings is 1. The summed E-state index contributed by atoms with van der Waals surface area (Å²) in [7, 11) is 3.27. The number of imidazole rings is 1. The number of nitrogens with zero attached hydrogens (tertiary/aromatic N) is 10. The fourth-order valence-electron chi connectivity index (χ4n) is 10.3. The monoisotopic (exact) mass is 890 g/mol. The third-order valence-corrected chi connectivity index (χ3v) is 14.0. The van der Waals surface area contributed by atoms with Crippen molar-refractivity contribution in [2.24, 2.45) is 18.4 Å². The molecular weight excluding hydrogens is 837 g/mol. The van der Waals surface area contributed by atoms with E-state index < -0.39 is 60.1 Å². The number of carbonyl (C=O) groups is 3. The van der Waals surface area contributed by atoms with Gasteiger partial charge in [0.2, 0.25) is 11.8 Å². The molecule has 3 saturated heterocycles. The van der Waals surface area contributed by atoms with Gasteiger partial charge in [0.25, 0.3) is 18.3 Å². The zero-order valence-electron chi connectivity index (χ0n) is 36.4. The number of carbonyl (C=O) groups excluding carboxylic acids is 3. The molecule has 20 heteroatoms. The number of amides is 3. The highest BCUT2D eigenvalue weighted by atomic mass is 19.3. The number of aryl methyl sites for hydroxylation is 1. The van der Waals surface area contributed by atoms with Crippen LogP contribution < -0.4 is 26.1 Å². The maximum Gasteiger partial charge on any atom is 0.329 e. The van der Waals surface area contributed by atoms with Gasteiger partial charge in [-0.2, -0.15) is 10.2 Å². The first-order chi connectivity index (χ1) is 30.5. The van der Waals surface area contributed by atoms with Crippen LogP contribution in [0.25, 0.3) is 16.7 Å². The van der Waals surface area contributed by atoms with Gasteiger partial charge in [0.15, 0.2) is 11.3 Å². The number of para-hydroxylation sites is 1. The van der Waals surface area contributed by atoms with Crippen LogP contribution in [-0.4, -0.2) is 108 Å². The summed E-state index contributed by atoms with van der Waals surface area (Å²) >= 11 is 0. The van der Waals surface area contributed by atoms with Crippen LogP contribution in [0.1, 0.15) is 106 Å². The molecule has 16 nitrogen and oxygen atoms in total. The van der Waals surface area contributed by atoms with Crippen LogP contribution in [0.15, 0.2) is 47.7 Å². The first kappa shape index (κ1) is 43.5. The number of piperidine rings is 3. The lowest BCUT2D eigenvalue weighted by Gasteiger charge is -2.44. The summed E-state index contributed by atoms with van der Waals surface area (Å²) in [6.45, 7) is 6.31. The molecule has 1 aliphatic carbocycles. The number of fused-ring (bicyclic) bond motifs is 2. The molecule has 4 aliphatic rings. The Bertz CT molecular complexity index is 2650. The minimum atomic E-state index is -3.11. The predicted molar refractivity (Wildman–Crippen MR) is 231 cm³/mol. The van der Waals surface area contributed by atoms with Gasteiger partial charge in [0.05, 0.1) is 47.2 Å². The standard InChI is InChI=1S/C44H54F4N12O4/c1-43(2)16-20-56(21-17-43)34-15-19-58-39(51-34)28(22-49-58)40(62)50-29-24-59(53-36(29)38(45)46)27-10-8-26(9-11-27)23-54(3)33-14-18-57(25-44(33,47)48)30-6-5-7-31-37(30)55(4)42(64)60(31)32-12-13-35(61)52-41(32)63/h5-7,15,19,22,24,26-27,32-33,38H,8-14,16-18,20-21,23,25H2,1-4H3,(H,50,62)(H,52,61,63). The number of nitrogens with one attached hydrogen (secondary N) is 2. The average molecular weight is 891 g/mol. The van der Waals surface area contributed by atoms with Gasteiger partial charge in [-0.3, -0.25) is 38.4 Å². The lowest BCUT2D eigenvalue weighted by Crippen LogP contribution is -2.58. The van der Waals surface area contributed by atoms with Crippen molar-refractivity contribution in [3.8, 4) is 0 Å². The second-order valence-corrected chi connectivity index (χ2v) is 18.9. The van der Waals surface area contributed by atoms with Crippen LogP contribution in [-0.2, 0) is 16.6 Å². The van der Waals surface area contributed by atoms with Gasteiger partial charge < -0.3 is 15.1 Å². The van der Waals surface area contributed by atoms with Crippen molar-refractivity contribution >= 4 is 51.6 Å². The molecule has 0 radical (unpaired) electrons. The number of anilines is 3. The molecule has 3 aliphatic heterocycles. The first-order valence-electron chi connectivity index (χ1n) is 22.1. The predicted octanol–water partition coefficient (Wildman–Crippen LogP) is 5.95. The molecule has 342 valence electrons. The van der Waals surface area contributed by atoms with Crippen molar-refractivity contribution in [2.45, 2.75) is 102 Å². The number of rotatable bonds is 10. The van der Waals surface area contributed by atoms with Gasteiger partial charge in [-0.05, 0) is 87.9 Å². The summed E-state index contributed by atoms with van der Waals surface area (Å²) in [5, 5.41) is 13.4. The molecule has 4 aromatic heterocycles. The molecule has 7 heterocycles. The SMILES string of the molecule is CN(CC1CCC(n2cc(NC(=O)c3cnn4ccc(N5CCC(C)(C)CC5)nc34)c(C(F)F)n2)CC1)C1CCN(c2cccc3c2n(C)c(=O)n3C2CCC(=O)NC2=O)CC1(F)F. The summed E-state index contributed by atoms with van der Waals surface area (Å²) in [4.78, 5) is 61.8. The Balaban J connectivity index is 0.824. The normalized spacial score (nSPS) is 24.0. The van der Waals surface area contributed by atoms with Crippen molar-refractivity contribution in [3.05, 3.63) is 64.6 Å². The molecular formula is C44H54F4N12O4. The van der Waals surface area contributed by atoms with E-state index in [0.29, 0.717) is 61.1 Å². The lowest BCUT2D eigenvalue weighted by molar-refractivity contribution is -0.135. The number of hydrogen-bond donors (Lipinski definition) is 2. The number of halogens is 4. The molecule has 0 bridgehead atoms. The van der Waals surface area contributed by atoms with Crippen LogP contribution in [0.3, 0.4) is 0 Å². The van der Waals surface area contributed by atoms with E-state index in [1.807, 2.05) is 6.07 Å². The van der Waals surface area contributed by atoms with E-state index in [2.05, 4.69) is 39.6 Å². The highest BCUT2D eigenvalue weighted by Crippen LogP contribution is 2.40. The van der Waals surface area contributed by atoms with Crippen molar-refractivity contribution < 1.29 is 31.9 Å². The second-order valence-electron chi connectivity index (χ2n) is 18.9. The van der Waals surface area contributed by atoms with Crippen molar-refractivity contribution in [1.82, 2.24) is 43.7 Å². The van der Waals surface area contributed by atoms with Crippen molar-refractivity contribution in [2.75, 3.05) is 54.9 Å². The Morgan fingerprint density at radius 2 is 1.75 bits per heavy atom. The Hall–Kier alpha value is -5.79. The largest absolute Gasteiger partial charge is 0.364 e. The van der Waals surface area contributed by atoms with E-state index >= 15 is 8.78 Å². The summed E-state index contributed by atoms with van der Waals surface area (Å²) in [5.41, 5.74) is 0.981. The van der Waals surface area contributed by atoms with E-state index in [0.717, 1.165) is 31.7 Å². The topological polar surface area (TPSA) is 160 Å². The maximum atomic E-state index is 16.2. The van der Waals surface area contributed by atoms with Gasteiger partial charge in [0, 0.05) is 52.0 Å². The second kappa shape index (κ2) is 16.6. The van der Waals surface area contributed by atoms with E-state index in [9.17, 15) is 28.0 Å². The molecule has 2 N–H and O–H groups in total. The summed E-state index contributed by atoms with van der Waals surface area (Å²) in [6, 6.07) is 4.80. The van der Waals surface area contributed by atoms with Gasteiger partial charge >= 0.3 is 5.69 Å².